The zero-order chi connectivity index (χ0) is 13.0. The van der Waals surface area contributed by atoms with Crippen LogP contribution in [0, 0.1) is 0 Å². The minimum absolute atomic E-state index is 0.122. The molecule has 2 atom stereocenters. The fraction of sp³-hybridized carbons (Fsp3) is 0.538. The van der Waals surface area contributed by atoms with Crippen molar-refractivity contribution < 1.29 is 14.2 Å². The Morgan fingerprint density at radius 2 is 2.17 bits per heavy atom. The van der Waals surface area contributed by atoms with Gasteiger partial charge in [0.2, 0.25) is 0 Å². The maximum absolute atomic E-state index is 11.4. The van der Waals surface area contributed by atoms with Crippen molar-refractivity contribution in [2.45, 2.75) is 12.6 Å². The molecule has 100 valence electrons. The van der Waals surface area contributed by atoms with Gasteiger partial charge in [-0.25, -0.2) is 0 Å². The Morgan fingerprint density at radius 1 is 1.44 bits per heavy atom. The topological polar surface area (TPSA) is 49.8 Å². The highest BCUT2D eigenvalue weighted by atomic mass is 31.2. The van der Waals surface area contributed by atoms with E-state index >= 15 is 0 Å². The molecule has 1 aromatic rings. The van der Waals surface area contributed by atoms with Crippen LogP contribution in [0.5, 0.6) is 0 Å². The van der Waals surface area contributed by atoms with E-state index in [4.69, 9.17) is 4.74 Å². The Balaban J connectivity index is 1.89. The third-order valence-electron chi connectivity index (χ3n) is 3.01. The van der Waals surface area contributed by atoms with E-state index in [2.05, 4.69) is 17.0 Å². The Hall–Kier alpha value is -0.670. The van der Waals surface area contributed by atoms with Crippen LogP contribution < -0.4 is 0 Å². The van der Waals surface area contributed by atoms with Gasteiger partial charge in [0.1, 0.15) is 0 Å². The summed E-state index contributed by atoms with van der Waals surface area (Å²) in [5.74, 6) is 0. The van der Waals surface area contributed by atoms with Gasteiger partial charge in [-0.3, -0.25) is 9.46 Å². The van der Waals surface area contributed by atoms with E-state index in [1.54, 1.807) is 0 Å². The molecule has 1 aromatic carbocycles. The van der Waals surface area contributed by atoms with Gasteiger partial charge < -0.3 is 9.63 Å². The van der Waals surface area contributed by atoms with Crippen molar-refractivity contribution in [3.05, 3.63) is 35.9 Å². The van der Waals surface area contributed by atoms with Gasteiger partial charge in [-0.05, 0) is 5.56 Å². The van der Waals surface area contributed by atoms with Gasteiger partial charge in [-0.2, -0.15) is 0 Å². The predicted octanol–water partition coefficient (Wildman–Crippen LogP) is 1.79. The average molecular weight is 269 g/mol. The number of nitrogens with zero attached hydrogens (tertiary/aromatic N) is 1. The molecule has 1 saturated heterocycles. The first-order chi connectivity index (χ1) is 8.53. The summed E-state index contributed by atoms with van der Waals surface area (Å²) in [7, 11) is -2.99. The van der Waals surface area contributed by atoms with Crippen molar-refractivity contribution in [2.75, 3.05) is 32.5 Å². The molecule has 0 aliphatic carbocycles. The number of benzene rings is 1. The van der Waals surface area contributed by atoms with Crippen LogP contribution >= 0.6 is 7.37 Å². The standard InChI is InChI=1S/C13H20NO3P/c1-18(15,16)11-13-10-14(7-8-17-13)9-12-5-3-2-4-6-12/h2-6,13H,7-11H2,1H3,(H,15,16). The highest BCUT2D eigenvalue weighted by Gasteiger charge is 2.25. The number of hydrogen-bond donors (Lipinski definition) is 1. The molecule has 5 heteroatoms. The average Bonchev–Trinajstić information content (AvgIpc) is 2.28. The maximum Gasteiger partial charge on any atom is 0.200 e. The molecular weight excluding hydrogens is 249 g/mol. The lowest BCUT2D eigenvalue weighted by molar-refractivity contribution is -0.0203. The molecule has 0 amide bonds. The lowest BCUT2D eigenvalue weighted by Crippen LogP contribution is -2.43. The molecule has 0 spiro atoms. The second-order valence-corrected chi connectivity index (χ2v) is 7.41. The Bertz CT molecular complexity index is 418. The molecule has 1 heterocycles. The first-order valence-electron chi connectivity index (χ1n) is 6.20. The highest BCUT2D eigenvalue weighted by Crippen LogP contribution is 2.37. The maximum atomic E-state index is 11.4. The molecule has 2 rings (SSSR count). The van der Waals surface area contributed by atoms with Crippen LogP contribution in [0.25, 0.3) is 0 Å². The minimum atomic E-state index is -2.99. The third kappa shape index (κ3) is 4.54. The van der Waals surface area contributed by atoms with Crippen molar-refractivity contribution in [3.8, 4) is 0 Å². The van der Waals surface area contributed by atoms with Crippen LogP contribution in [0.1, 0.15) is 5.56 Å². The van der Waals surface area contributed by atoms with Crippen LogP contribution in [0.4, 0.5) is 0 Å². The molecule has 1 aliphatic rings. The summed E-state index contributed by atoms with van der Waals surface area (Å²) in [6.45, 7) is 4.52. The normalized spacial score (nSPS) is 24.7. The van der Waals surface area contributed by atoms with Crippen molar-refractivity contribution >= 4 is 7.37 Å². The van der Waals surface area contributed by atoms with E-state index in [1.165, 1.54) is 12.2 Å². The predicted molar refractivity (Wildman–Crippen MR) is 72.1 cm³/mol. The lowest BCUT2D eigenvalue weighted by Gasteiger charge is -2.33. The summed E-state index contributed by atoms with van der Waals surface area (Å²) in [6, 6.07) is 10.3. The summed E-state index contributed by atoms with van der Waals surface area (Å²) < 4.78 is 17.0. The summed E-state index contributed by atoms with van der Waals surface area (Å²) in [4.78, 5) is 11.7. The van der Waals surface area contributed by atoms with Crippen LogP contribution in [0.3, 0.4) is 0 Å². The monoisotopic (exact) mass is 269 g/mol. The van der Waals surface area contributed by atoms with E-state index < -0.39 is 7.37 Å². The molecule has 1 aliphatic heterocycles. The van der Waals surface area contributed by atoms with E-state index in [1.807, 2.05) is 18.2 Å². The molecule has 1 N–H and O–H groups in total. The quantitative estimate of drug-likeness (QED) is 0.847. The molecular formula is C13H20NO3P. The fourth-order valence-electron chi connectivity index (χ4n) is 2.25. The molecule has 0 aromatic heterocycles. The van der Waals surface area contributed by atoms with Crippen molar-refractivity contribution in [1.29, 1.82) is 0 Å². The zero-order valence-electron chi connectivity index (χ0n) is 10.7. The van der Waals surface area contributed by atoms with Gasteiger partial charge in [-0.1, -0.05) is 30.3 Å². The van der Waals surface area contributed by atoms with Crippen molar-refractivity contribution in [2.24, 2.45) is 0 Å². The van der Waals surface area contributed by atoms with Gasteiger partial charge in [0.15, 0.2) is 7.37 Å². The molecule has 0 bridgehead atoms. The molecule has 1 fully saturated rings. The van der Waals surface area contributed by atoms with E-state index in [0.29, 0.717) is 6.61 Å². The SMILES string of the molecule is CP(=O)(O)CC1CN(Cc2ccccc2)CCO1. The van der Waals surface area contributed by atoms with Gasteiger partial charge in [-0.15, -0.1) is 0 Å². The number of morpholine rings is 1. The van der Waals surface area contributed by atoms with Gasteiger partial charge in [0.05, 0.1) is 18.9 Å². The van der Waals surface area contributed by atoms with Crippen molar-refractivity contribution in [1.82, 2.24) is 4.90 Å². The summed E-state index contributed by atoms with van der Waals surface area (Å²) in [5, 5.41) is 0. The van der Waals surface area contributed by atoms with Gasteiger partial charge in [0, 0.05) is 26.3 Å². The summed E-state index contributed by atoms with van der Waals surface area (Å²) in [5.41, 5.74) is 1.27. The van der Waals surface area contributed by atoms with Crippen LogP contribution in [-0.2, 0) is 15.8 Å². The summed E-state index contributed by atoms with van der Waals surface area (Å²) >= 11 is 0. The Labute approximate surface area is 108 Å². The van der Waals surface area contributed by atoms with E-state index in [0.717, 1.165) is 19.6 Å². The smallest absolute Gasteiger partial charge is 0.200 e. The molecule has 4 nitrogen and oxygen atoms in total. The van der Waals surface area contributed by atoms with Gasteiger partial charge in [0.25, 0.3) is 0 Å². The largest absolute Gasteiger partial charge is 0.375 e. The van der Waals surface area contributed by atoms with E-state index in [-0.39, 0.29) is 12.3 Å². The van der Waals surface area contributed by atoms with Crippen molar-refractivity contribution in [3.63, 3.8) is 0 Å². The number of hydrogen-bond acceptors (Lipinski definition) is 3. The Morgan fingerprint density at radius 3 is 2.83 bits per heavy atom. The van der Waals surface area contributed by atoms with Crippen LogP contribution in [0.2, 0.25) is 0 Å². The lowest BCUT2D eigenvalue weighted by atomic mass is 10.2. The minimum Gasteiger partial charge on any atom is -0.375 e. The second-order valence-electron chi connectivity index (χ2n) is 4.95. The second kappa shape index (κ2) is 5.98. The first-order valence-corrected chi connectivity index (χ1v) is 8.49. The Kier molecular flexibility index (Phi) is 4.57. The third-order valence-corrected chi connectivity index (χ3v) is 4.10. The van der Waals surface area contributed by atoms with Crippen LogP contribution in [0.15, 0.2) is 30.3 Å². The molecule has 0 radical (unpaired) electrons. The fourth-order valence-corrected chi connectivity index (χ4v) is 3.23. The number of rotatable bonds is 4. The summed E-state index contributed by atoms with van der Waals surface area (Å²) in [6.07, 6.45) is 0.126. The first kappa shape index (κ1) is 13.8. The zero-order valence-corrected chi connectivity index (χ0v) is 11.6. The molecule has 0 saturated carbocycles. The highest BCUT2D eigenvalue weighted by molar-refractivity contribution is 7.57. The number of ether oxygens (including phenoxy) is 1. The van der Waals surface area contributed by atoms with Crippen LogP contribution in [-0.4, -0.2) is 48.4 Å². The molecule has 18 heavy (non-hydrogen) atoms. The van der Waals surface area contributed by atoms with E-state index in [9.17, 15) is 9.46 Å². The van der Waals surface area contributed by atoms with Gasteiger partial charge >= 0.3 is 0 Å². The molecule has 2 unspecified atom stereocenters.